The zero-order chi connectivity index (χ0) is 14.7. The molecule has 0 radical (unpaired) electrons. The molecule has 2 aromatic rings. The standard InChI is InChI=1S/C13H13BrN2O3S/c1-8(12-5-6-13(14)20-12)15-9-3-4-11(19-2)10(7-9)16(17)18/h3-8,15H,1-2H3. The molecule has 20 heavy (non-hydrogen) atoms. The van der Waals surface area contributed by atoms with Crippen molar-refractivity contribution in [2.75, 3.05) is 12.4 Å². The van der Waals surface area contributed by atoms with Gasteiger partial charge in [-0.1, -0.05) is 0 Å². The van der Waals surface area contributed by atoms with Crippen LogP contribution in [0.5, 0.6) is 5.75 Å². The van der Waals surface area contributed by atoms with E-state index in [1.807, 2.05) is 19.1 Å². The highest BCUT2D eigenvalue weighted by molar-refractivity contribution is 9.11. The largest absolute Gasteiger partial charge is 0.490 e. The number of thiophene rings is 1. The molecule has 0 saturated carbocycles. The van der Waals surface area contributed by atoms with Gasteiger partial charge >= 0.3 is 5.69 Å². The van der Waals surface area contributed by atoms with Crippen LogP contribution in [0.2, 0.25) is 0 Å². The highest BCUT2D eigenvalue weighted by Crippen LogP contribution is 2.33. The zero-order valence-corrected chi connectivity index (χ0v) is 13.3. The van der Waals surface area contributed by atoms with Gasteiger partial charge in [-0.3, -0.25) is 10.1 Å². The van der Waals surface area contributed by atoms with E-state index in [1.165, 1.54) is 13.2 Å². The van der Waals surface area contributed by atoms with Crippen molar-refractivity contribution in [2.45, 2.75) is 13.0 Å². The second kappa shape index (κ2) is 6.23. The van der Waals surface area contributed by atoms with Crippen LogP contribution in [0, 0.1) is 10.1 Å². The van der Waals surface area contributed by atoms with Gasteiger partial charge in [0.2, 0.25) is 0 Å². The maximum Gasteiger partial charge on any atom is 0.312 e. The first-order valence-electron chi connectivity index (χ1n) is 5.85. The Morgan fingerprint density at radius 1 is 1.40 bits per heavy atom. The van der Waals surface area contributed by atoms with Crippen molar-refractivity contribution in [3.05, 3.63) is 49.1 Å². The van der Waals surface area contributed by atoms with Crippen molar-refractivity contribution < 1.29 is 9.66 Å². The maximum absolute atomic E-state index is 11.0. The average Bonchev–Trinajstić information content (AvgIpc) is 2.85. The summed E-state index contributed by atoms with van der Waals surface area (Å²) < 4.78 is 6.04. The normalized spacial score (nSPS) is 11.9. The number of anilines is 1. The molecule has 7 heteroatoms. The number of rotatable bonds is 5. The lowest BCUT2D eigenvalue weighted by atomic mass is 10.2. The summed E-state index contributed by atoms with van der Waals surface area (Å²) in [6.07, 6.45) is 0. The van der Waals surface area contributed by atoms with E-state index >= 15 is 0 Å². The van der Waals surface area contributed by atoms with Crippen LogP contribution in [0.1, 0.15) is 17.8 Å². The minimum atomic E-state index is -0.448. The van der Waals surface area contributed by atoms with Gasteiger partial charge in [-0.2, -0.15) is 0 Å². The first-order chi connectivity index (χ1) is 9.51. The molecule has 1 heterocycles. The van der Waals surface area contributed by atoms with Crippen molar-refractivity contribution in [1.29, 1.82) is 0 Å². The number of halogens is 1. The number of hydrogen-bond donors (Lipinski definition) is 1. The molecule has 0 saturated heterocycles. The molecule has 2 rings (SSSR count). The number of ether oxygens (including phenoxy) is 1. The Kier molecular flexibility index (Phi) is 4.61. The van der Waals surface area contributed by atoms with Gasteiger partial charge in [-0.05, 0) is 47.1 Å². The zero-order valence-electron chi connectivity index (χ0n) is 10.9. The number of hydrogen-bond acceptors (Lipinski definition) is 5. The molecule has 1 atom stereocenters. The van der Waals surface area contributed by atoms with Crippen LogP contribution in [0.15, 0.2) is 34.1 Å². The summed E-state index contributed by atoms with van der Waals surface area (Å²) in [5.41, 5.74) is 0.645. The van der Waals surface area contributed by atoms with E-state index in [1.54, 1.807) is 23.5 Å². The van der Waals surface area contributed by atoms with Crippen LogP contribution < -0.4 is 10.1 Å². The predicted molar refractivity (Wildman–Crippen MR) is 83.7 cm³/mol. The minimum absolute atomic E-state index is 0.0444. The van der Waals surface area contributed by atoms with Crippen LogP contribution >= 0.6 is 27.3 Å². The Morgan fingerprint density at radius 2 is 2.15 bits per heavy atom. The highest BCUT2D eigenvalue weighted by atomic mass is 79.9. The molecule has 0 aliphatic heterocycles. The smallest absolute Gasteiger partial charge is 0.312 e. The molecule has 1 aromatic carbocycles. The monoisotopic (exact) mass is 356 g/mol. The fourth-order valence-electron chi connectivity index (χ4n) is 1.80. The molecule has 1 unspecified atom stereocenters. The third kappa shape index (κ3) is 3.29. The van der Waals surface area contributed by atoms with Gasteiger partial charge in [0.05, 0.1) is 21.9 Å². The fourth-order valence-corrected chi connectivity index (χ4v) is 3.23. The molecule has 0 bridgehead atoms. The van der Waals surface area contributed by atoms with E-state index in [9.17, 15) is 10.1 Å². The summed E-state index contributed by atoms with van der Waals surface area (Å²) in [5, 5.41) is 14.2. The van der Waals surface area contributed by atoms with Crippen LogP contribution in [0.25, 0.3) is 0 Å². The van der Waals surface area contributed by atoms with Crippen molar-refractivity contribution in [1.82, 2.24) is 0 Å². The quantitative estimate of drug-likeness (QED) is 0.627. The highest BCUT2D eigenvalue weighted by Gasteiger charge is 2.16. The lowest BCUT2D eigenvalue weighted by Crippen LogP contribution is -2.05. The summed E-state index contributed by atoms with van der Waals surface area (Å²) in [4.78, 5) is 11.7. The Morgan fingerprint density at radius 3 is 2.70 bits per heavy atom. The Bertz CT molecular complexity index is 630. The van der Waals surface area contributed by atoms with Gasteiger partial charge in [0.1, 0.15) is 0 Å². The molecule has 1 N–H and O–H groups in total. The Balaban J connectivity index is 2.21. The van der Waals surface area contributed by atoms with Gasteiger partial charge in [0.15, 0.2) is 5.75 Å². The minimum Gasteiger partial charge on any atom is -0.490 e. The lowest BCUT2D eigenvalue weighted by molar-refractivity contribution is -0.385. The first kappa shape index (κ1) is 14.8. The first-order valence-corrected chi connectivity index (χ1v) is 7.46. The van der Waals surface area contributed by atoms with E-state index in [-0.39, 0.29) is 17.5 Å². The third-order valence-electron chi connectivity index (χ3n) is 2.78. The van der Waals surface area contributed by atoms with Gasteiger partial charge in [-0.25, -0.2) is 0 Å². The summed E-state index contributed by atoms with van der Waals surface area (Å²) in [6.45, 7) is 2.01. The number of nitrogens with zero attached hydrogens (tertiary/aromatic N) is 1. The molecule has 0 aliphatic carbocycles. The summed E-state index contributed by atoms with van der Waals surface area (Å²) in [7, 11) is 1.42. The number of nitro benzene ring substituents is 1. The van der Waals surface area contributed by atoms with Crippen LogP contribution in [-0.4, -0.2) is 12.0 Å². The maximum atomic E-state index is 11.0. The lowest BCUT2D eigenvalue weighted by Gasteiger charge is -2.14. The predicted octanol–water partition coefficient (Wildman–Crippen LogP) is 4.60. The summed E-state index contributed by atoms with van der Waals surface area (Å²) in [5.74, 6) is 0.257. The number of methoxy groups -OCH3 is 1. The SMILES string of the molecule is COc1ccc(NC(C)c2ccc(Br)s2)cc1[N+](=O)[O-]. The number of benzene rings is 1. The van der Waals surface area contributed by atoms with E-state index in [0.717, 1.165) is 8.66 Å². The van der Waals surface area contributed by atoms with Gasteiger partial charge in [0, 0.05) is 16.6 Å². The van der Waals surface area contributed by atoms with Gasteiger partial charge in [-0.15, -0.1) is 11.3 Å². The molecule has 0 amide bonds. The van der Waals surface area contributed by atoms with Crippen molar-refractivity contribution in [3.8, 4) is 5.75 Å². The van der Waals surface area contributed by atoms with Crippen LogP contribution in [0.3, 0.4) is 0 Å². The Hall–Kier alpha value is -1.60. The van der Waals surface area contributed by atoms with E-state index in [4.69, 9.17) is 4.74 Å². The van der Waals surface area contributed by atoms with Gasteiger partial charge in [0.25, 0.3) is 0 Å². The second-order valence-corrected chi connectivity index (χ2v) is 6.65. The van der Waals surface area contributed by atoms with Crippen LogP contribution in [0.4, 0.5) is 11.4 Å². The Labute approximate surface area is 128 Å². The van der Waals surface area contributed by atoms with E-state index in [2.05, 4.69) is 21.2 Å². The topological polar surface area (TPSA) is 64.4 Å². The molecule has 1 aromatic heterocycles. The van der Waals surface area contributed by atoms with Crippen LogP contribution in [-0.2, 0) is 0 Å². The molecular formula is C13H13BrN2O3S. The van der Waals surface area contributed by atoms with Gasteiger partial charge < -0.3 is 10.1 Å². The third-order valence-corrected chi connectivity index (χ3v) is 4.59. The van der Waals surface area contributed by atoms with Crippen molar-refractivity contribution >= 4 is 38.6 Å². The van der Waals surface area contributed by atoms with E-state index in [0.29, 0.717) is 5.69 Å². The number of nitro groups is 1. The summed E-state index contributed by atoms with van der Waals surface area (Å²) in [6, 6.07) is 8.92. The summed E-state index contributed by atoms with van der Waals surface area (Å²) >= 11 is 5.05. The molecule has 5 nitrogen and oxygen atoms in total. The molecule has 0 aliphatic rings. The van der Waals surface area contributed by atoms with Crippen molar-refractivity contribution in [3.63, 3.8) is 0 Å². The second-order valence-electron chi connectivity index (χ2n) is 4.15. The van der Waals surface area contributed by atoms with Crippen molar-refractivity contribution in [2.24, 2.45) is 0 Å². The fraction of sp³-hybridized carbons (Fsp3) is 0.231. The average molecular weight is 357 g/mol. The van der Waals surface area contributed by atoms with E-state index < -0.39 is 4.92 Å². The number of nitrogens with one attached hydrogen (secondary N) is 1. The molecular weight excluding hydrogens is 344 g/mol. The molecule has 0 fully saturated rings. The molecule has 106 valence electrons. The molecule has 0 spiro atoms.